The van der Waals surface area contributed by atoms with Crippen molar-refractivity contribution >= 4 is 85.0 Å². The highest BCUT2D eigenvalue weighted by atomic mass is 32.1. The summed E-state index contributed by atoms with van der Waals surface area (Å²) in [5.41, 5.74) is 4.36. The molecule has 9 rings (SSSR count). The van der Waals surface area contributed by atoms with Crippen molar-refractivity contribution in [1.82, 2.24) is 14.5 Å². The van der Waals surface area contributed by atoms with Crippen molar-refractivity contribution in [2.45, 2.75) is 0 Å². The highest BCUT2D eigenvalue weighted by Gasteiger charge is 2.22. The van der Waals surface area contributed by atoms with E-state index in [0.717, 1.165) is 32.9 Å². The number of aromatic nitrogens is 3. The van der Waals surface area contributed by atoms with Crippen molar-refractivity contribution in [1.29, 1.82) is 0 Å². The number of benzene rings is 5. The number of para-hydroxylation sites is 1. The Morgan fingerprint density at radius 2 is 1.15 bits per heavy atom. The molecule has 0 bridgehead atoms. The van der Waals surface area contributed by atoms with Gasteiger partial charge in [-0.2, -0.15) is 0 Å². The van der Waals surface area contributed by atoms with Gasteiger partial charge in [-0.25, -0.2) is 9.97 Å². The first kappa shape index (κ1) is 21.4. The molecule has 3 nitrogen and oxygen atoms in total. The summed E-state index contributed by atoms with van der Waals surface area (Å²) in [5.74, 6) is 1.68. The normalized spacial score (nSPS) is 12.1. The van der Waals surface area contributed by atoms with Crippen LogP contribution in [0.4, 0.5) is 0 Å². The minimum atomic E-state index is 0.746. The van der Waals surface area contributed by atoms with E-state index in [1.165, 1.54) is 46.5 Å². The molecule has 4 heterocycles. The molecule has 4 aromatic heterocycles. The van der Waals surface area contributed by atoms with Gasteiger partial charge in [0.2, 0.25) is 0 Å². The lowest BCUT2D eigenvalue weighted by Gasteiger charge is -2.10. The minimum absolute atomic E-state index is 0.746. The molecule has 0 amide bonds. The Hall–Kier alpha value is -4.58. The van der Waals surface area contributed by atoms with Crippen LogP contribution in [0, 0.1) is 0 Å². The van der Waals surface area contributed by atoms with E-state index in [4.69, 9.17) is 9.97 Å². The van der Waals surface area contributed by atoms with E-state index in [9.17, 15) is 0 Å². The fourth-order valence-electron chi connectivity index (χ4n) is 5.91. The molecule has 0 atom stereocenters. The van der Waals surface area contributed by atoms with Gasteiger partial charge in [0.1, 0.15) is 0 Å². The SMILES string of the molecule is c1ccc(-c2nc(-n3c4ccccc4c4c5sc6ccccc6c5ccc43)c3sc4ccccc4c3n2)cc1. The third-order valence-electron chi connectivity index (χ3n) is 7.63. The average molecular weight is 534 g/mol. The molecule has 9 aromatic rings. The first-order valence-corrected chi connectivity index (χ1v) is 14.6. The number of fused-ring (bicyclic) bond motifs is 10. The van der Waals surface area contributed by atoms with Crippen molar-refractivity contribution in [3.63, 3.8) is 0 Å². The van der Waals surface area contributed by atoms with Gasteiger partial charge in [-0.15, -0.1) is 22.7 Å². The van der Waals surface area contributed by atoms with Crippen LogP contribution in [0.1, 0.15) is 0 Å². The Morgan fingerprint density at radius 3 is 2.00 bits per heavy atom. The molecule has 39 heavy (non-hydrogen) atoms. The van der Waals surface area contributed by atoms with Crippen LogP contribution in [0.5, 0.6) is 0 Å². The van der Waals surface area contributed by atoms with Crippen LogP contribution in [0.2, 0.25) is 0 Å². The molecule has 5 heteroatoms. The Labute approximate surface area is 231 Å². The van der Waals surface area contributed by atoms with Crippen LogP contribution in [-0.2, 0) is 0 Å². The Balaban J connectivity index is 1.48. The molecular formula is C34H19N3S2. The van der Waals surface area contributed by atoms with E-state index < -0.39 is 0 Å². The zero-order chi connectivity index (χ0) is 25.5. The van der Waals surface area contributed by atoms with Gasteiger partial charge < -0.3 is 0 Å². The Morgan fingerprint density at radius 1 is 0.487 bits per heavy atom. The van der Waals surface area contributed by atoms with E-state index >= 15 is 0 Å². The predicted molar refractivity (Wildman–Crippen MR) is 168 cm³/mol. The van der Waals surface area contributed by atoms with E-state index in [2.05, 4.69) is 102 Å². The van der Waals surface area contributed by atoms with Gasteiger partial charge in [0.15, 0.2) is 11.6 Å². The molecule has 0 aliphatic carbocycles. The summed E-state index contributed by atoms with van der Waals surface area (Å²) < 4.78 is 7.34. The Kier molecular flexibility index (Phi) is 4.36. The number of rotatable bonds is 2. The lowest BCUT2D eigenvalue weighted by Crippen LogP contribution is -2.01. The summed E-state index contributed by atoms with van der Waals surface area (Å²) in [6.07, 6.45) is 0. The van der Waals surface area contributed by atoms with Crippen molar-refractivity contribution in [2.75, 3.05) is 0 Å². The van der Waals surface area contributed by atoms with Crippen LogP contribution < -0.4 is 0 Å². The molecule has 0 N–H and O–H groups in total. The molecule has 0 unspecified atom stereocenters. The summed E-state index contributed by atoms with van der Waals surface area (Å²) in [6.45, 7) is 0. The monoisotopic (exact) mass is 533 g/mol. The molecule has 0 saturated carbocycles. The van der Waals surface area contributed by atoms with E-state index in [-0.39, 0.29) is 0 Å². The number of nitrogens with zero attached hydrogens (tertiary/aromatic N) is 3. The van der Waals surface area contributed by atoms with Gasteiger partial charge in [-0.3, -0.25) is 4.57 Å². The summed E-state index contributed by atoms with van der Waals surface area (Å²) in [7, 11) is 0. The fraction of sp³-hybridized carbons (Fsp3) is 0. The maximum Gasteiger partial charge on any atom is 0.162 e. The predicted octanol–water partition coefficient (Wildman–Crippen LogP) is 9.98. The molecule has 0 saturated heterocycles. The smallest absolute Gasteiger partial charge is 0.162 e. The third-order valence-corrected chi connectivity index (χ3v) is 9.99. The van der Waals surface area contributed by atoms with Gasteiger partial charge in [0.25, 0.3) is 0 Å². The summed E-state index contributed by atoms with van der Waals surface area (Å²) >= 11 is 3.65. The van der Waals surface area contributed by atoms with Crippen LogP contribution in [0.3, 0.4) is 0 Å². The van der Waals surface area contributed by atoms with E-state index in [0.29, 0.717) is 0 Å². The number of hydrogen-bond acceptors (Lipinski definition) is 4. The van der Waals surface area contributed by atoms with E-state index in [1.807, 2.05) is 29.5 Å². The van der Waals surface area contributed by atoms with Crippen molar-refractivity contribution in [2.24, 2.45) is 0 Å². The third kappa shape index (κ3) is 2.97. The largest absolute Gasteiger partial charge is 0.292 e. The molecule has 5 aromatic carbocycles. The van der Waals surface area contributed by atoms with Crippen LogP contribution in [0.25, 0.3) is 79.5 Å². The van der Waals surface area contributed by atoms with Gasteiger partial charge in [-0.05, 0) is 24.3 Å². The van der Waals surface area contributed by atoms with Gasteiger partial charge in [0, 0.05) is 46.6 Å². The second kappa shape index (κ2) is 7.96. The number of hydrogen-bond donors (Lipinski definition) is 0. The zero-order valence-corrected chi connectivity index (χ0v) is 22.3. The molecule has 0 fully saturated rings. The van der Waals surface area contributed by atoms with Gasteiger partial charge >= 0.3 is 0 Å². The molecule has 0 radical (unpaired) electrons. The van der Waals surface area contributed by atoms with Crippen molar-refractivity contribution < 1.29 is 0 Å². The average Bonchev–Trinajstić information content (AvgIpc) is 3.66. The quantitative estimate of drug-likeness (QED) is 0.221. The van der Waals surface area contributed by atoms with Crippen LogP contribution in [0.15, 0.2) is 115 Å². The zero-order valence-electron chi connectivity index (χ0n) is 20.6. The minimum Gasteiger partial charge on any atom is -0.292 e. The lowest BCUT2D eigenvalue weighted by molar-refractivity contribution is 1.08. The molecule has 182 valence electrons. The fourth-order valence-corrected chi connectivity index (χ4v) is 8.29. The summed E-state index contributed by atoms with van der Waals surface area (Å²) in [4.78, 5) is 10.4. The molecular weight excluding hydrogens is 515 g/mol. The molecule has 0 spiro atoms. The maximum absolute atomic E-state index is 5.30. The van der Waals surface area contributed by atoms with Crippen LogP contribution in [-0.4, -0.2) is 14.5 Å². The lowest BCUT2D eigenvalue weighted by atomic mass is 10.1. The molecule has 0 aliphatic heterocycles. The second-order valence-electron chi connectivity index (χ2n) is 9.80. The maximum atomic E-state index is 5.30. The van der Waals surface area contributed by atoms with Gasteiger partial charge in [-0.1, -0.05) is 91.0 Å². The van der Waals surface area contributed by atoms with Gasteiger partial charge in [0.05, 0.1) is 21.3 Å². The highest BCUT2D eigenvalue weighted by Crippen LogP contribution is 2.45. The standard InChI is InChI=1S/C34H19N3S2/c1-2-10-20(11-3-1)33-35-30-24-14-6-9-17-28(24)39-32(30)34(36-33)37-25-15-7-4-13-23(25)29-26(37)19-18-22-21-12-5-8-16-27(21)38-31(22)29/h1-19H. The van der Waals surface area contributed by atoms with Crippen molar-refractivity contribution in [3.05, 3.63) is 115 Å². The van der Waals surface area contributed by atoms with E-state index in [1.54, 1.807) is 11.3 Å². The topological polar surface area (TPSA) is 30.7 Å². The van der Waals surface area contributed by atoms with Crippen LogP contribution >= 0.6 is 22.7 Å². The Bertz CT molecular complexity index is 2390. The first-order valence-electron chi connectivity index (χ1n) is 12.9. The highest BCUT2D eigenvalue weighted by molar-refractivity contribution is 7.27. The van der Waals surface area contributed by atoms with Crippen molar-refractivity contribution in [3.8, 4) is 17.2 Å². The summed E-state index contributed by atoms with van der Waals surface area (Å²) in [5, 5.41) is 6.34. The first-order chi connectivity index (χ1) is 19.3. The molecule has 0 aliphatic rings. The number of thiophene rings is 2. The second-order valence-corrected chi connectivity index (χ2v) is 11.9. The summed E-state index contributed by atoms with van der Waals surface area (Å²) in [6, 6.07) is 40.9.